The third-order valence-corrected chi connectivity index (χ3v) is 6.83. The van der Waals surface area contributed by atoms with Gasteiger partial charge in [-0.1, -0.05) is 25.1 Å². The molecule has 1 aliphatic heterocycles. The Kier molecular flexibility index (Phi) is 5.56. The molecular formula is C21H26N2O3S. The average molecular weight is 387 g/mol. The molecular weight excluding hydrogens is 360 g/mol. The Morgan fingerprint density at radius 2 is 1.89 bits per heavy atom. The summed E-state index contributed by atoms with van der Waals surface area (Å²) in [6, 6.07) is 13.7. The lowest BCUT2D eigenvalue weighted by Gasteiger charge is -2.31. The molecule has 0 bridgehead atoms. The number of amides is 1. The van der Waals surface area contributed by atoms with Gasteiger partial charge in [0.1, 0.15) is 0 Å². The minimum absolute atomic E-state index is 0.100. The number of piperidine rings is 1. The second-order valence-electron chi connectivity index (χ2n) is 7.34. The van der Waals surface area contributed by atoms with Gasteiger partial charge in [-0.3, -0.25) is 9.10 Å². The molecule has 0 aliphatic carbocycles. The Hall–Kier alpha value is -2.34. The summed E-state index contributed by atoms with van der Waals surface area (Å²) < 4.78 is 27.4. The summed E-state index contributed by atoms with van der Waals surface area (Å²) in [6.45, 7) is 5.50. The number of nitrogens with zero attached hydrogens (tertiary/aromatic N) is 2. The fourth-order valence-electron chi connectivity index (χ4n) is 3.47. The quantitative estimate of drug-likeness (QED) is 0.805. The first-order valence-corrected chi connectivity index (χ1v) is 10.7. The molecule has 144 valence electrons. The van der Waals surface area contributed by atoms with E-state index >= 15 is 0 Å². The van der Waals surface area contributed by atoms with Crippen molar-refractivity contribution in [3.05, 3.63) is 59.7 Å². The molecule has 1 heterocycles. The van der Waals surface area contributed by atoms with Crippen molar-refractivity contribution in [3.63, 3.8) is 0 Å². The average Bonchev–Trinajstić information content (AvgIpc) is 2.67. The Morgan fingerprint density at radius 3 is 2.59 bits per heavy atom. The minimum atomic E-state index is -3.74. The fraction of sp³-hybridized carbons (Fsp3) is 0.381. The summed E-state index contributed by atoms with van der Waals surface area (Å²) in [5.41, 5.74) is 2.00. The van der Waals surface area contributed by atoms with E-state index < -0.39 is 10.0 Å². The summed E-state index contributed by atoms with van der Waals surface area (Å²) >= 11 is 0. The van der Waals surface area contributed by atoms with Crippen LogP contribution in [0.25, 0.3) is 0 Å². The second-order valence-corrected chi connectivity index (χ2v) is 9.31. The van der Waals surface area contributed by atoms with Gasteiger partial charge in [0.15, 0.2) is 0 Å². The van der Waals surface area contributed by atoms with Crippen molar-refractivity contribution in [2.45, 2.75) is 31.6 Å². The first-order chi connectivity index (χ1) is 12.8. The zero-order valence-corrected chi connectivity index (χ0v) is 16.9. The molecule has 0 aromatic heterocycles. The molecule has 1 amide bonds. The van der Waals surface area contributed by atoms with Crippen molar-refractivity contribution < 1.29 is 13.2 Å². The number of benzene rings is 2. The lowest BCUT2D eigenvalue weighted by atomic mass is 9.99. The highest BCUT2D eigenvalue weighted by Crippen LogP contribution is 2.24. The number of carbonyl (C=O) groups is 1. The van der Waals surface area contributed by atoms with Crippen LogP contribution in [-0.4, -0.2) is 39.4 Å². The van der Waals surface area contributed by atoms with Crippen molar-refractivity contribution in [1.29, 1.82) is 0 Å². The first-order valence-electron chi connectivity index (χ1n) is 9.24. The highest BCUT2D eigenvalue weighted by molar-refractivity contribution is 7.92. The second kappa shape index (κ2) is 7.72. The van der Waals surface area contributed by atoms with E-state index in [4.69, 9.17) is 0 Å². The predicted octanol–water partition coefficient (Wildman–Crippen LogP) is 3.69. The maximum Gasteiger partial charge on any atom is 0.264 e. The number of rotatable bonds is 4. The molecule has 1 atom stereocenters. The lowest BCUT2D eigenvalue weighted by molar-refractivity contribution is 0.0683. The highest BCUT2D eigenvalue weighted by Gasteiger charge is 2.25. The van der Waals surface area contributed by atoms with Crippen molar-refractivity contribution in [3.8, 4) is 0 Å². The Balaban J connectivity index is 1.89. The Labute approximate surface area is 161 Å². The molecule has 0 saturated carbocycles. The molecule has 2 aromatic carbocycles. The monoisotopic (exact) mass is 386 g/mol. The number of carbonyl (C=O) groups excluding carboxylic acids is 1. The molecule has 0 N–H and O–H groups in total. The number of likely N-dealkylation sites (tertiary alicyclic amines) is 1. The van der Waals surface area contributed by atoms with E-state index in [1.807, 2.05) is 30.0 Å². The summed E-state index contributed by atoms with van der Waals surface area (Å²) in [5, 5.41) is 0. The van der Waals surface area contributed by atoms with E-state index in [-0.39, 0.29) is 10.8 Å². The predicted molar refractivity (Wildman–Crippen MR) is 108 cm³/mol. The van der Waals surface area contributed by atoms with Crippen molar-refractivity contribution >= 4 is 21.6 Å². The van der Waals surface area contributed by atoms with Gasteiger partial charge in [-0.25, -0.2) is 8.42 Å². The number of anilines is 1. The van der Waals surface area contributed by atoms with Crippen LogP contribution in [0.15, 0.2) is 53.4 Å². The van der Waals surface area contributed by atoms with Gasteiger partial charge in [0, 0.05) is 25.7 Å². The largest absolute Gasteiger partial charge is 0.338 e. The van der Waals surface area contributed by atoms with Crippen LogP contribution in [-0.2, 0) is 10.0 Å². The summed E-state index contributed by atoms with van der Waals surface area (Å²) in [4.78, 5) is 14.8. The maximum absolute atomic E-state index is 13.0. The summed E-state index contributed by atoms with van der Waals surface area (Å²) in [7, 11) is -2.21. The smallest absolute Gasteiger partial charge is 0.264 e. The Bertz CT molecular complexity index is 940. The molecule has 0 radical (unpaired) electrons. The molecule has 1 fully saturated rings. The number of aryl methyl sites for hydroxylation is 1. The maximum atomic E-state index is 13.0. The fourth-order valence-corrected chi connectivity index (χ4v) is 4.70. The van der Waals surface area contributed by atoms with Gasteiger partial charge in [0.2, 0.25) is 0 Å². The molecule has 2 aromatic rings. The molecule has 1 aliphatic rings. The molecule has 1 saturated heterocycles. The number of hydrogen-bond donors (Lipinski definition) is 0. The molecule has 6 heteroatoms. The van der Waals surface area contributed by atoms with Crippen LogP contribution in [0.3, 0.4) is 0 Å². The molecule has 0 unspecified atom stereocenters. The van der Waals surface area contributed by atoms with Crippen molar-refractivity contribution in [1.82, 2.24) is 4.90 Å². The molecule has 5 nitrogen and oxygen atoms in total. The van der Waals surface area contributed by atoms with E-state index in [9.17, 15) is 13.2 Å². The van der Waals surface area contributed by atoms with E-state index in [1.54, 1.807) is 18.2 Å². The topological polar surface area (TPSA) is 57.7 Å². The van der Waals surface area contributed by atoms with Gasteiger partial charge >= 0.3 is 0 Å². The minimum Gasteiger partial charge on any atom is -0.338 e. The van der Waals surface area contributed by atoms with Crippen molar-refractivity contribution in [2.24, 2.45) is 5.92 Å². The highest BCUT2D eigenvalue weighted by atomic mass is 32.2. The molecule has 27 heavy (non-hydrogen) atoms. The molecule has 3 rings (SSSR count). The van der Waals surface area contributed by atoms with Crippen LogP contribution in [0.1, 0.15) is 35.7 Å². The zero-order valence-electron chi connectivity index (χ0n) is 16.1. The number of hydrogen-bond acceptors (Lipinski definition) is 3. The summed E-state index contributed by atoms with van der Waals surface area (Å²) in [6.07, 6.45) is 2.11. The van der Waals surface area contributed by atoms with Gasteiger partial charge in [-0.2, -0.15) is 0 Å². The van der Waals surface area contributed by atoms with Gasteiger partial charge in [-0.15, -0.1) is 0 Å². The van der Waals surface area contributed by atoms with E-state index in [0.29, 0.717) is 17.2 Å². The van der Waals surface area contributed by atoms with Crippen LogP contribution in [0.5, 0.6) is 0 Å². The van der Waals surface area contributed by atoms with Crippen molar-refractivity contribution in [2.75, 3.05) is 24.4 Å². The van der Waals surface area contributed by atoms with Gasteiger partial charge < -0.3 is 4.90 Å². The Morgan fingerprint density at radius 1 is 1.15 bits per heavy atom. The normalized spacial score (nSPS) is 17.6. The van der Waals surface area contributed by atoms with Gasteiger partial charge in [-0.05, 0) is 61.6 Å². The van der Waals surface area contributed by atoms with E-state index in [1.165, 1.54) is 23.5 Å². The third-order valence-electron chi connectivity index (χ3n) is 5.05. The first kappa shape index (κ1) is 19.4. The van der Waals surface area contributed by atoms with Crippen LogP contribution in [0.2, 0.25) is 0 Å². The molecule has 0 spiro atoms. The van der Waals surface area contributed by atoms with Crippen LogP contribution >= 0.6 is 0 Å². The van der Waals surface area contributed by atoms with Crippen LogP contribution < -0.4 is 4.31 Å². The van der Waals surface area contributed by atoms with E-state index in [0.717, 1.165) is 31.5 Å². The lowest BCUT2D eigenvalue weighted by Crippen LogP contribution is -2.39. The van der Waals surface area contributed by atoms with Gasteiger partial charge in [0.05, 0.1) is 10.6 Å². The standard InChI is InChI=1S/C21H26N2O3S/c1-16-7-4-10-19(13-16)22(3)27(25,26)20-11-5-9-18(14-20)21(24)23-12-6-8-17(2)15-23/h4-5,7,9-11,13-14,17H,6,8,12,15H2,1-3H3/t17-/m0/s1. The SMILES string of the molecule is Cc1cccc(N(C)S(=O)(=O)c2cccc(C(=O)N3CCC[C@H](C)C3)c2)c1. The number of sulfonamides is 1. The zero-order chi connectivity index (χ0) is 19.6. The summed E-state index contributed by atoms with van der Waals surface area (Å²) in [5.74, 6) is 0.374. The van der Waals surface area contributed by atoms with E-state index in [2.05, 4.69) is 6.92 Å². The van der Waals surface area contributed by atoms with Crippen LogP contribution in [0, 0.1) is 12.8 Å². The van der Waals surface area contributed by atoms with Gasteiger partial charge in [0.25, 0.3) is 15.9 Å². The third kappa shape index (κ3) is 4.16. The van der Waals surface area contributed by atoms with Crippen LogP contribution in [0.4, 0.5) is 5.69 Å².